The first-order valence-corrected chi connectivity index (χ1v) is 16.8. The molecule has 1 saturated heterocycles. The number of nitrogens with one attached hydrogen (secondary N) is 3. The van der Waals surface area contributed by atoms with Crippen molar-refractivity contribution in [2.24, 2.45) is 5.92 Å². The quantitative estimate of drug-likeness (QED) is 0.251. The lowest BCUT2D eigenvalue weighted by molar-refractivity contribution is -0.142. The molecule has 0 spiro atoms. The molecule has 1 aliphatic carbocycles. The van der Waals surface area contributed by atoms with E-state index < -0.39 is 53.1 Å². The Hall–Kier alpha value is -5.07. The number of hydroxylamine groups is 1. The van der Waals surface area contributed by atoms with Crippen molar-refractivity contribution in [3.05, 3.63) is 66.7 Å². The summed E-state index contributed by atoms with van der Waals surface area (Å²) in [5.41, 5.74) is 1.62. The SMILES string of the molecule is CC(C)(C)OC(=O)N[C@H]1CCCCC/C=C\[C@H]2C[C@@]2(C(=O)NOc2ccccc2)NC(=O)[C@@H]2C[C@@H](Oc3nc4ccccc4o3)CN2C1=O. The van der Waals surface area contributed by atoms with Gasteiger partial charge in [0, 0.05) is 12.3 Å². The van der Waals surface area contributed by atoms with Gasteiger partial charge >= 0.3 is 12.2 Å². The van der Waals surface area contributed by atoms with Crippen molar-refractivity contribution in [3.63, 3.8) is 0 Å². The van der Waals surface area contributed by atoms with Gasteiger partial charge in [-0.05, 0) is 70.7 Å². The van der Waals surface area contributed by atoms with Gasteiger partial charge in [-0.1, -0.05) is 55.3 Å². The molecule has 2 aliphatic heterocycles. The van der Waals surface area contributed by atoms with Crippen molar-refractivity contribution in [2.75, 3.05) is 6.54 Å². The molecule has 13 heteroatoms. The number of amides is 4. The van der Waals surface area contributed by atoms with Crippen LogP contribution in [0.5, 0.6) is 11.8 Å². The van der Waals surface area contributed by atoms with Crippen LogP contribution < -0.4 is 25.7 Å². The Morgan fingerprint density at radius 3 is 2.59 bits per heavy atom. The van der Waals surface area contributed by atoms with Crippen LogP contribution in [-0.4, -0.2) is 69.6 Å². The zero-order valence-corrected chi connectivity index (χ0v) is 28.0. The van der Waals surface area contributed by atoms with E-state index in [9.17, 15) is 19.2 Å². The summed E-state index contributed by atoms with van der Waals surface area (Å²) in [6.45, 7) is 5.27. The van der Waals surface area contributed by atoms with Crippen molar-refractivity contribution in [1.82, 2.24) is 26.0 Å². The highest BCUT2D eigenvalue weighted by Gasteiger charge is 2.61. The summed E-state index contributed by atoms with van der Waals surface area (Å²) in [6.07, 6.45) is 6.56. The molecule has 3 aliphatic rings. The molecule has 2 aromatic carbocycles. The Morgan fingerprint density at radius 1 is 1.04 bits per heavy atom. The Morgan fingerprint density at radius 2 is 1.82 bits per heavy atom. The molecule has 3 heterocycles. The number of allylic oxidation sites excluding steroid dienone is 1. The second kappa shape index (κ2) is 14.2. The number of hydrogen-bond acceptors (Lipinski definition) is 9. The van der Waals surface area contributed by atoms with Gasteiger partial charge in [-0.15, -0.1) is 0 Å². The van der Waals surface area contributed by atoms with Gasteiger partial charge in [0.1, 0.15) is 34.8 Å². The maximum atomic E-state index is 14.3. The number of para-hydroxylation sites is 3. The van der Waals surface area contributed by atoms with Crippen molar-refractivity contribution in [3.8, 4) is 11.8 Å². The fourth-order valence-corrected chi connectivity index (χ4v) is 6.34. The van der Waals surface area contributed by atoms with Gasteiger partial charge in [0.25, 0.3) is 5.91 Å². The van der Waals surface area contributed by atoms with E-state index in [1.165, 1.54) is 4.90 Å². The van der Waals surface area contributed by atoms with Gasteiger partial charge in [0.2, 0.25) is 11.8 Å². The fraction of sp³-hybridized carbons (Fsp3) is 0.472. The molecule has 0 unspecified atom stereocenters. The van der Waals surface area contributed by atoms with Crippen LogP contribution in [-0.2, 0) is 19.1 Å². The van der Waals surface area contributed by atoms with E-state index in [1.54, 1.807) is 57.2 Å². The van der Waals surface area contributed by atoms with E-state index in [4.69, 9.17) is 18.7 Å². The normalized spacial score (nSPS) is 26.6. The lowest BCUT2D eigenvalue weighted by Gasteiger charge is -2.30. The molecule has 1 saturated carbocycles. The van der Waals surface area contributed by atoms with Crippen LogP contribution in [0.15, 0.2) is 71.2 Å². The van der Waals surface area contributed by atoms with E-state index >= 15 is 0 Å². The van der Waals surface area contributed by atoms with E-state index in [2.05, 4.69) is 21.1 Å². The number of hydrogen-bond donors (Lipinski definition) is 3. The molecule has 3 aromatic rings. The Bertz CT molecular complexity index is 1670. The molecule has 49 heavy (non-hydrogen) atoms. The van der Waals surface area contributed by atoms with Gasteiger partial charge in [-0.25, -0.2) is 4.79 Å². The molecule has 13 nitrogen and oxygen atoms in total. The summed E-state index contributed by atoms with van der Waals surface area (Å²) in [6, 6.07) is 14.1. The third kappa shape index (κ3) is 8.15. The smallest absolute Gasteiger partial charge is 0.408 e. The van der Waals surface area contributed by atoms with Crippen LogP contribution in [0.4, 0.5) is 4.79 Å². The number of rotatable bonds is 6. The number of oxazole rings is 1. The lowest BCUT2D eigenvalue weighted by atomic mass is 10.0. The predicted octanol–water partition coefficient (Wildman–Crippen LogP) is 4.57. The van der Waals surface area contributed by atoms with Crippen LogP contribution in [0.3, 0.4) is 0 Å². The van der Waals surface area contributed by atoms with E-state index in [0.29, 0.717) is 36.1 Å². The number of alkyl carbamates (subject to hydrolysis) is 1. The maximum absolute atomic E-state index is 14.3. The number of carbonyl (C=O) groups excluding carboxylic acids is 4. The average Bonchev–Trinajstić information content (AvgIpc) is 3.36. The summed E-state index contributed by atoms with van der Waals surface area (Å²) >= 11 is 0. The van der Waals surface area contributed by atoms with Crippen LogP contribution >= 0.6 is 0 Å². The van der Waals surface area contributed by atoms with E-state index in [-0.39, 0.29) is 25.0 Å². The van der Waals surface area contributed by atoms with Crippen molar-refractivity contribution in [1.29, 1.82) is 0 Å². The number of ether oxygens (including phenoxy) is 2. The zero-order valence-electron chi connectivity index (χ0n) is 28.0. The molecule has 0 bridgehead atoms. The van der Waals surface area contributed by atoms with E-state index in [1.807, 2.05) is 30.4 Å². The summed E-state index contributed by atoms with van der Waals surface area (Å²) in [5.74, 6) is -1.28. The van der Waals surface area contributed by atoms with Crippen molar-refractivity contribution in [2.45, 2.75) is 95.0 Å². The third-order valence-electron chi connectivity index (χ3n) is 8.88. The van der Waals surface area contributed by atoms with Crippen LogP contribution in [0.25, 0.3) is 11.1 Å². The predicted molar refractivity (Wildman–Crippen MR) is 178 cm³/mol. The average molecular weight is 674 g/mol. The van der Waals surface area contributed by atoms with Crippen molar-refractivity contribution >= 4 is 34.9 Å². The maximum Gasteiger partial charge on any atom is 0.408 e. The molecular formula is C36H43N5O8. The Labute approximate surface area is 284 Å². The fourth-order valence-electron chi connectivity index (χ4n) is 6.34. The number of carbonyl (C=O) groups is 4. The minimum Gasteiger partial charge on any atom is -0.445 e. The van der Waals surface area contributed by atoms with Gasteiger partial charge in [0.05, 0.1) is 6.54 Å². The number of aromatic nitrogens is 1. The molecule has 4 amide bonds. The molecule has 260 valence electrons. The summed E-state index contributed by atoms with van der Waals surface area (Å²) in [4.78, 5) is 66.4. The van der Waals surface area contributed by atoms with Crippen LogP contribution in [0, 0.1) is 5.92 Å². The van der Waals surface area contributed by atoms with Gasteiger partial charge < -0.3 is 34.3 Å². The lowest BCUT2D eigenvalue weighted by Crippen LogP contribution is -2.58. The summed E-state index contributed by atoms with van der Waals surface area (Å²) in [7, 11) is 0. The molecule has 3 N–H and O–H groups in total. The second-order valence-electron chi connectivity index (χ2n) is 13.8. The standard InChI is InChI=1S/C36H43N5O8/c1-35(2,3)48-33(45)37-27-18-11-6-4-5-8-14-23-21-36(23,32(44)40-49-24-15-9-7-10-16-24)39-30(42)28-20-25(22-41(28)31(27)43)46-34-38-26-17-12-13-19-29(26)47-34/h7-10,12-17,19,23,25,27-28H,4-6,11,18,20-22H2,1-3H3,(H,37,45)(H,39,42)(H,40,44)/b14-8-/t23-,25+,27-,28-,36+/m0/s1. The monoisotopic (exact) mass is 673 g/mol. The molecular weight excluding hydrogens is 630 g/mol. The zero-order chi connectivity index (χ0) is 34.6. The Kier molecular flexibility index (Phi) is 9.79. The van der Waals surface area contributed by atoms with Gasteiger partial charge in [0.15, 0.2) is 11.3 Å². The first-order valence-electron chi connectivity index (χ1n) is 16.8. The Balaban J connectivity index is 1.26. The number of benzene rings is 2. The first kappa shape index (κ1) is 33.8. The van der Waals surface area contributed by atoms with Crippen molar-refractivity contribution < 1.29 is 37.9 Å². The number of nitrogens with zero attached hydrogens (tertiary/aromatic N) is 2. The summed E-state index contributed by atoms with van der Waals surface area (Å²) < 4.78 is 17.4. The molecule has 5 atom stereocenters. The van der Waals surface area contributed by atoms with E-state index in [0.717, 1.165) is 19.3 Å². The highest BCUT2D eigenvalue weighted by atomic mass is 16.7. The molecule has 6 rings (SSSR count). The molecule has 1 aromatic heterocycles. The molecule has 0 radical (unpaired) electrons. The largest absolute Gasteiger partial charge is 0.445 e. The second-order valence-corrected chi connectivity index (χ2v) is 13.8. The molecule has 2 fully saturated rings. The van der Waals surface area contributed by atoms with Crippen LogP contribution in [0.2, 0.25) is 0 Å². The third-order valence-corrected chi connectivity index (χ3v) is 8.88. The topological polar surface area (TPSA) is 161 Å². The minimum atomic E-state index is -1.27. The highest BCUT2D eigenvalue weighted by molar-refractivity contribution is 5.98. The first-order chi connectivity index (χ1) is 23.5. The number of fused-ring (bicyclic) bond motifs is 3. The highest BCUT2D eigenvalue weighted by Crippen LogP contribution is 2.45. The van der Waals surface area contributed by atoms with Gasteiger partial charge in [-0.3, -0.25) is 14.4 Å². The van der Waals surface area contributed by atoms with Gasteiger partial charge in [-0.2, -0.15) is 10.5 Å². The summed E-state index contributed by atoms with van der Waals surface area (Å²) in [5, 5.41) is 5.73. The minimum absolute atomic E-state index is 0.0199. The van der Waals surface area contributed by atoms with Crippen LogP contribution in [0.1, 0.15) is 65.7 Å².